The van der Waals surface area contributed by atoms with Crippen LogP contribution in [0.5, 0.6) is 0 Å². The zero-order valence-corrected chi connectivity index (χ0v) is 12.2. The van der Waals surface area contributed by atoms with Crippen LogP contribution >= 0.6 is 0 Å². The smallest absolute Gasteiger partial charge is 0.112 e. The fraction of sp³-hybridized carbons (Fsp3) is 0.333. The van der Waals surface area contributed by atoms with E-state index >= 15 is 0 Å². The van der Waals surface area contributed by atoms with E-state index in [2.05, 4.69) is 56.3 Å². The van der Waals surface area contributed by atoms with Crippen LogP contribution in [0.15, 0.2) is 42.5 Å². The maximum atomic E-state index is 5.61. The van der Waals surface area contributed by atoms with Gasteiger partial charge in [-0.05, 0) is 41.7 Å². The van der Waals surface area contributed by atoms with Crippen molar-refractivity contribution in [3.63, 3.8) is 0 Å². The Morgan fingerprint density at radius 1 is 1.00 bits per heavy atom. The standard InChI is InChI=1S/C18H20O2/c1-12-5-4-6-13(2)17(12)14-7-9-15(10-8-14)18-16(20-18)11-19-3/h4-10,16,18H,11H2,1-3H3/t16-,18-/m0/s1. The molecule has 1 heterocycles. The number of hydrogen-bond acceptors (Lipinski definition) is 2. The molecule has 2 atom stereocenters. The average molecular weight is 268 g/mol. The van der Waals surface area contributed by atoms with Crippen molar-refractivity contribution in [2.75, 3.05) is 13.7 Å². The summed E-state index contributed by atoms with van der Waals surface area (Å²) < 4.78 is 10.7. The van der Waals surface area contributed by atoms with E-state index in [1.54, 1.807) is 7.11 Å². The van der Waals surface area contributed by atoms with Crippen molar-refractivity contribution in [3.05, 3.63) is 59.2 Å². The molecule has 20 heavy (non-hydrogen) atoms. The van der Waals surface area contributed by atoms with Gasteiger partial charge in [-0.1, -0.05) is 42.5 Å². The topological polar surface area (TPSA) is 21.8 Å². The van der Waals surface area contributed by atoms with Gasteiger partial charge in [0, 0.05) is 7.11 Å². The van der Waals surface area contributed by atoms with Crippen molar-refractivity contribution >= 4 is 0 Å². The van der Waals surface area contributed by atoms with Gasteiger partial charge in [-0.25, -0.2) is 0 Å². The summed E-state index contributed by atoms with van der Waals surface area (Å²) in [6.07, 6.45) is 0.438. The highest BCUT2D eigenvalue weighted by atomic mass is 16.6. The van der Waals surface area contributed by atoms with Crippen LogP contribution in [0.4, 0.5) is 0 Å². The predicted octanol–water partition coefficient (Wildman–Crippen LogP) is 4.06. The lowest BCUT2D eigenvalue weighted by molar-refractivity contribution is 0.171. The van der Waals surface area contributed by atoms with Gasteiger partial charge in [-0.3, -0.25) is 0 Å². The summed E-state index contributed by atoms with van der Waals surface area (Å²) in [5.41, 5.74) is 6.48. The van der Waals surface area contributed by atoms with Gasteiger partial charge in [0.1, 0.15) is 12.2 Å². The van der Waals surface area contributed by atoms with Crippen LogP contribution in [0.3, 0.4) is 0 Å². The minimum Gasteiger partial charge on any atom is -0.382 e. The number of epoxide rings is 1. The normalized spacial score (nSPS) is 20.9. The van der Waals surface area contributed by atoms with Gasteiger partial charge in [0.2, 0.25) is 0 Å². The molecule has 0 aliphatic carbocycles. The van der Waals surface area contributed by atoms with Crippen molar-refractivity contribution < 1.29 is 9.47 Å². The Labute approximate surface area is 120 Å². The fourth-order valence-corrected chi connectivity index (χ4v) is 2.84. The molecule has 0 bridgehead atoms. The molecule has 0 aromatic heterocycles. The highest BCUT2D eigenvalue weighted by Gasteiger charge is 2.39. The minimum atomic E-state index is 0.210. The van der Waals surface area contributed by atoms with Gasteiger partial charge >= 0.3 is 0 Å². The van der Waals surface area contributed by atoms with E-state index in [0.717, 1.165) is 0 Å². The van der Waals surface area contributed by atoms with Crippen LogP contribution in [0, 0.1) is 13.8 Å². The van der Waals surface area contributed by atoms with E-state index in [-0.39, 0.29) is 12.2 Å². The number of benzene rings is 2. The molecular formula is C18H20O2. The average Bonchev–Trinajstić information content (AvgIpc) is 3.19. The van der Waals surface area contributed by atoms with Gasteiger partial charge in [-0.2, -0.15) is 0 Å². The van der Waals surface area contributed by atoms with Crippen molar-refractivity contribution in [1.82, 2.24) is 0 Å². The number of ether oxygens (including phenoxy) is 2. The number of hydrogen-bond donors (Lipinski definition) is 0. The van der Waals surface area contributed by atoms with Gasteiger partial charge < -0.3 is 9.47 Å². The molecule has 1 aliphatic heterocycles. The molecule has 1 fully saturated rings. The largest absolute Gasteiger partial charge is 0.382 e. The maximum Gasteiger partial charge on any atom is 0.112 e. The molecule has 3 rings (SSSR count). The molecular weight excluding hydrogens is 248 g/mol. The molecule has 2 aromatic rings. The fourth-order valence-electron chi connectivity index (χ4n) is 2.84. The summed E-state index contributed by atoms with van der Waals surface area (Å²) in [6.45, 7) is 4.99. The lowest BCUT2D eigenvalue weighted by Crippen LogP contribution is -1.98. The van der Waals surface area contributed by atoms with Crippen LogP contribution in [-0.4, -0.2) is 19.8 Å². The Kier molecular flexibility index (Phi) is 3.60. The number of aryl methyl sites for hydroxylation is 2. The van der Waals surface area contributed by atoms with Crippen LogP contribution in [0.1, 0.15) is 22.8 Å². The molecule has 0 unspecified atom stereocenters. The lowest BCUT2D eigenvalue weighted by atomic mass is 9.95. The van der Waals surface area contributed by atoms with Crippen LogP contribution < -0.4 is 0 Å². The van der Waals surface area contributed by atoms with E-state index in [0.29, 0.717) is 6.61 Å². The van der Waals surface area contributed by atoms with Crippen LogP contribution in [0.2, 0.25) is 0 Å². The second-order valence-corrected chi connectivity index (χ2v) is 5.44. The molecule has 0 N–H and O–H groups in total. The molecule has 0 radical (unpaired) electrons. The van der Waals surface area contributed by atoms with Crippen molar-refractivity contribution in [2.24, 2.45) is 0 Å². The van der Waals surface area contributed by atoms with Crippen molar-refractivity contribution in [1.29, 1.82) is 0 Å². The van der Waals surface area contributed by atoms with Crippen LogP contribution in [-0.2, 0) is 9.47 Å². The Morgan fingerprint density at radius 3 is 2.25 bits per heavy atom. The highest BCUT2D eigenvalue weighted by Crippen LogP contribution is 2.39. The third-order valence-electron chi connectivity index (χ3n) is 3.92. The summed E-state index contributed by atoms with van der Waals surface area (Å²) in [5, 5.41) is 0. The van der Waals surface area contributed by atoms with Gasteiger partial charge in [0.05, 0.1) is 6.61 Å². The summed E-state index contributed by atoms with van der Waals surface area (Å²) in [4.78, 5) is 0. The van der Waals surface area contributed by atoms with Gasteiger partial charge in [-0.15, -0.1) is 0 Å². The van der Waals surface area contributed by atoms with E-state index in [4.69, 9.17) is 9.47 Å². The quantitative estimate of drug-likeness (QED) is 0.780. The molecule has 0 saturated carbocycles. The first-order chi connectivity index (χ1) is 9.70. The second-order valence-electron chi connectivity index (χ2n) is 5.44. The summed E-state index contributed by atoms with van der Waals surface area (Å²) in [7, 11) is 1.71. The zero-order valence-electron chi connectivity index (χ0n) is 12.2. The van der Waals surface area contributed by atoms with Gasteiger partial charge in [0.25, 0.3) is 0 Å². The van der Waals surface area contributed by atoms with E-state index in [9.17, 15) is 0 Å². The number of rotatable bonds is 4. The SMILES string of the molecule is COC[C@@H]1O[C@H]1c1ccc(-c2c(C)cccc2C)cc1. The monoisotopic (exact) mass is 268 g/mol. The van der Waals surface area contributed by atoms with E-state index < -0.39 is 0 Å². The number of methoxy groups -OCH3 is 1. The molecule has 0 spiro atoms. The Balaban J connectivity index is 1.84. The maximum absolute atomic E-state index is 5.61. The first-order valence-electron chi connectivity index (χ1n) is 7.01. The van der Waals surface area contributed by atoms with Gasteiger partial charge in [0.15, 0.2) is 0 Å². The third kappa shape index (κ3) is 2.49. The Hall–Kier alpha value is -1.64. The lowest BCUT2D eigenvalue weighted by Gasteiger charge is -2.10. The highest BCUT2D eigenvalue weighted by molar-refractivity contribution is 5.70. The summed E-state index contributed by atoms with van der Waals surface area (Å²) >= 11 is 0. The third-order valence-corrected chi connectivity index (χ3v) is 3.92. The molecule has 1 aliphatic rings. The Morgan fingerprint density at radius 2 is 1.65 bits per heavy atom. The Bertz CT molecular complexity index is 581. The predicted molar refractivity (Wildman–Crippen MR) is 80.8 cm³/mol. The van der Waals surface area contributed by atoms with E-state index in [1.807, 2.05) is 0 Å². The molecule has 0 amide bonds. The first-order valence-corrected chi connectivity index (χ1v) is 7.01. The summed E-state index contributed by atoms with van der Waals surface area (Å²) in [5.74, 6) is 0. The summed E-state index contributed by atoms with van der Waals surface area (Å²) in [6, 6.07) is 15.1. The minimum absolute atomic E-state index is 0.210. The zero-order chi connectivity index (χ0) is 14.1. The molecule has 2 nitrogen and oxygen atoms in total. The molecule has 104 valence electrons. The van der Waals surface area contributed by atoms with Crippen LogP contribution in [0.25, 0.3) is 11.1 Å². The van der Waals surface area contributed by atoms with E-state index in [1.165, 1.54) is 27.8 Å². The van der Waals surface area contributed by atoms with Crippen molar-refractivity contribution in [3.8, 4) is 11.1 Å². The van der Waals surface area contributed by atoms with Crippen molar-refractivity contribution in [2.45, 2.75) is 26.1 Å². The molecule has 1 saturated heterocycles. The molecule has 2 heteroatoms. The second kappa shape index (κ2) is 5.39. The molecule has 2 aromatic carbocycles. The first kappa shape index (κ1) is 13.3.